The van der Waals surface area contributed by atoms with E-state index in [1.54, 1.807) is 24.3 Å². The van der Waals surface area contributed by atoms with E-state index in [1.807, 2.05) is 13.8 Å². The number of hydrogen-bond donors (Lipinski definition) is 1. The maximum absolute atomic E-state index is 12.3. The zero-order valence-electron chi connectivity index (χ0n) is 13.3. The van der Waals surface area contributed by atoms with Crippen molar-refractivity contribution in [3.8, 4) is 5.75 Å². The average Bonchev–Trinajstić information content (AvgIpc) is 2.54. The number of para-hydroxylation sites is 1. The minimum Gasteiger partial charge on any atom is -0.491 e. The molecule has 2 aromatic rings. The first kappa shape index (κ1) is 17.9. The van der Waals surface area contributed by atoms with Crippen molar-refractivity contribution in [2.45, 2.75) is 31.4 Å². The molecule has 128 valence electrons. The monoisotopic (exact) mass is 350 g/mol. The molecule has 2 aromatic carbocycles. The van der Waals surface area contributed by atoms with Gasteiger partial charge < -0.3 is 4.74 Å². The van der Waals surface area contributed by atoms with Gasteiger partial charge in [0.1, 0.15) is 5.75 Å². The van der Waals surface area contributed by atoms with Crippen LogP contribution in [-0.2, 0) is 16.6 Å². The number of ether oxygens (including phenoxy) is 1. The number of sulfonamides is 1. The molecule has 0 aliphatic heterocycles. The van der Waals surface area contributed by atoms with E-state index in [-0.39, 0.29) is 17.5 Å². The molecule has 24 heavy (non-hydrogen) atoms. The first-order chi connectivity index (χ1) is 11.3. The molecule has 0 saturated heterocycles. The van der Waals surface area contributed by atoms with Crippen LogP contribution in [0.5, 0.6) is 5.75 Å². The lowest BCUT2D eigenvalue weighted by Crippen LogP contribution is -2.24. The van der Waals surface area contributed by atoms with E-state index in [9.17, 15) is 18.5 Å². The topological polar surface area (TPSA) is 98.5 Å². The number of rotatable bonds is 7. The Bertz CT molecular complexity index is 817. The summed E-state index contributed by atoms with van der Waals surface area (Å²) in [5.41, 5.74) is 0.263. The van der Waals surface area contributed by atoms with Gasteiger partial charge in [-0.05, 0) is 37.6 Å². The van der Waals surface area contributed by atoms with Gasteiger partial charge in [-0.15, -0.1) is 0 Å². The summed E-state index contributed by atoms with van der Waals surface area (Å²) in [5, 5.41) is 11.0. The molecule has 7 nitrogen and oxygen atoms in total. The summed E-state index contributed by atoms with van der Waals surface area (Å²) in [5.74, 6) is 0.690. The highest BCUT2D eigenvalue weighted by atomic mass is 32.2. The lowest BCUT2D eigenvalue weighted by molar-refractivity contribution is -0.387. The van der Waals surface area contributed by atoms with Crippen LogP contribution in [0.3, 0.4) is 0 Å². The molecule has 0 saturated carbocycles. The minimum atomic E-state index is -3.99. The van der Waals surface area contributed by atoms with Gasteiger partial charge in [0, 0.05) is 12.6 Å². The van der Waals surface area contributed by atoms with E-state index in [0.29, 0.717) is 11.3 Å². The second-order valence-corrected chi connectivity index (χ2v) is 7.10. The Balaban J connectivity index is 2.12. The van der Waals surface area contributed by atoms with Crippen molar-refractivity contribution >= 4 is 15.7 Å². The third-order valence-corrected chi connectivity index (χ3v) is 4.56. The molecule has 8 heteroatoms. The van der Waals surface area contributed by atoms with Gasteiger partial charge in [-0.25, -0.2) is 13.1 Å². The van der Waals surface area contributed by atoms with Gasteiger partial charge in [0.15, 0.2) is 4.90 Å². The van der Waals surface area contributed by atoms with Crippen LogP contribution >= 0.6 is 0 Å². The third-order valence-electron chi connectivity index (χ3n) is 3.11. The summed E-state index contributed by atoms with van der Waals surface area (Å²) >= 11 is 0. The molecule has 0 unspecified atom stereocenters. The Hall–Kier alpha value is -2.45. The summed E-state index contributed by atoms with van der Waals surface area (Å²) in [6.07, 6.45) is 0.0491. The standard InChI is InChI=1S/C16H18N2O5S/c1-12(2)23-14-9-7-13(8-10-14)11-17-24(21,22)16-6-4-3-5-15(16)18(19)20/h3-10,12,17H,11H2,1-2H3. The molecule has 0 aliphatic carbocycles. The van der Waals surface area contributed by atoms with Gasteiger partial charge >= 0.3 is 0 Å². The van der Waals surface area contributed by atoms with Gasteiger partial charge in [-0.2, -0.15) is 0 Å². The van der Waals surface area contributed by atoms with Crippen LogP contribution < -0.4 is 9.46 Å². The van der Waals surface area contributed by atoms with Gasteiger partial charge in [-0.1, -0.05) is 24.3 Å². The summed E-state index contributed by atoms with van der Waals surface area (Å²) in [4.78, 5) is 9.90. The molecule has 0 aromatic heterocycles. The molecule has 0 bridgehead atoms. The van der Waals surface area contributed by atoms with Crippen molar-refractivity contribution in [3.05, 3.63) is 64.2 Å². The van der Waals surface area contributed by atoms with Crippen molar-refractivity contribution < 1.29 is 18.1 Å². The predicted octanol–water partition coefficient (Wildman–Crippen LogP) is 2.86. The molecule has 2 rings (SSSR count). The van der Waals surface area contributed by atoms with Crippen molar-refractivity contribution in [1.82, 2.24) is 4.72 Å². The number of hydrogen-bond acceptors (Lipinski definition) is 5. The number of nitrogens with one attached hydrogen (secondary N) is 1. The van der Waals surface area contributed by atoms with Gasteiger partial charge in [-0.3, -0.25) is 10.1 Å². The number of nitrogens with zero attached hydrogens (tertiary/aromatic N) is 1. The molecule has 0 amide bonds. The highest BCUT2D eigenvalue weighted by Gasteiger charge is 2.24. The highest BCUT2D eigenvalue weighted by Crippen LogP contribution is 2.23. The smallest absolute Gasteiger partial charge is 0.289 e. The summed E-state index contributed by atoms with van der Waals surface area (Å²) in [7, 11) is -3.99. The van der Waals surface area contributed by atoms with Crippen LogP contribution in [0.1, 0.15) is 19.4 Å². The second kappa shape index (κ2) is 7.41. The summed E-state index contributed by atoms with van der Waals surface area (Å²) in [6, 6.07) is 12.2. The Morgan fingerprint density at radius 1 is 1.12 bits per heavy atom. The molecule has 0 aliphatic rings. The first-order valence-electron chi connectivity index (χ1n) is 7.28. The summed E-state index contributed by atoms with van der Waals surface area (Å²) in [6.45, 7) is 3.85. The van der Waals surface area contributed by atoms with E-state index >= 15 is 0 Å². The second-order valence-electron chi connectivity index (χ2n) is 5.36. The Kier molecular flexibility index (Phi) is 5.53. The van der Waals surface area contributed by atoms with E-state index < -0.39 is 20.6 Å². The number of nitro benzene ring substituents is 1. The van der Waals surface area contributed by atoms with Crippen LogP contribution in [0.4, 0.5) is 5.69 Å². The fraction of sp³-hybridized carbons (Fsp3) is 0.250. The summed E-state index contributed by atoms with van der Waals surface area (Å²) < 4.78 is 32.5. The largest absolute Gasteiger partial charge is 0.491 e. The Morgan fingerprint density at radius 3 is 2.33 bits per heavy atom. The fourth-order valence-electron chi connectivity index (χ4n) is 2.05. The molecule has 0 spiro atoms. The highest BCUT2D eigenvalue weighted by molar-refractivity contribution is 7.89. The number of nitro groups is 1. The van der Waals surface area contributed by atoms with Crippen LogP contribution in [0.25, 0.3) is 0 Å². The Morgan fingerprint density at radius 2 is 1.75 bits per heavy atom. The average molecular weight is 350 g/mol. The number of benzene rings is 2. The maximum atomic E-state index is 12.3. The normalized spacial score (nSPS) is 11.5. The first-order valence-corrected chi connectivity index (χ1v) is 8.76. The van der Waals surface area contributed by atoms with E-state index in [4.69, 9.17) is 4.74 Å². The Labute approximate surface area is 140 Å². The SMILES string of the molecule is CC(C)Oc1ccc(CNS(=O)(=O)c2ccccc2[N+](=O)[O-])cc1. The zero-order valence-corrected chi connectivity index (χ0v) is 14.1. The van der Waals surface area contributed by atoms with Gasteiger partial charge in [0.05, 0.1) is 11.0 Å². The molecule has 0 radical (unpaired) electrons. The molecule has 1 N–H and O–H groups in total. The van der Waals surface area contributed by atoms with Gasteiger partial charge in [0.25, 0.3) is 5.69 Å². The lowest BCUT2D eigenvalue weighted by Gasteiger charge is -2.11. The van der Waals surface area contributed by atoms with E-state index in [0.717, 1.165) is 6.07 Å². The van der Waals surface area contributed by atoms with E-state index in [2.05, 4.69) is 4.72 Å². The fourth-order valence-corrected chi connectivity index (χ4v) is 3.24. The maximum Gasteiger partial charge on any atom is 0.289 e. The molecule has 0 heterocycles. The van der Waals surface area contributed by atoms with Crippen molar-refractivity contribution in [1.29, 1.82) is 0 Å². The van der Waals surface area contributed by atoms with Crippen LogP contribution in [0.15, 0.2) is 53.4 Å². The molecular weight excluding hydrogens is 332 g/mol. The zero-order chi connectivity index (χ0) is 17.7. The minimum absolute atomic E-state index is 0.0241. The van der Waals surface area contributed by atoms with Crippen LogP contribution in [0.2, 0.25) is 0 Å². The van der Waals surface area contributed by atoms with E-state index in [1.165, 1.54) is 18.2 Å². The van der Waals surface area contributed by atoms with Crippen molar-refractivity contribution in [2.24, 2.45) is 0 Å². The molecule has 0 fully saturated rings. The van der Waals surface area contributed by atoms with Crippen molar-refractivity contribution in [2.75, 3.05) is 0 Å². The quantitative estimate of drug-likeness (QED) is 0.611. The van der Waals surface area contributed by atoms with Crippen LogP contribution in [0, 0.1) is 10.1 Å². The third kappa shape index (κ3) is 4.53. The molecular formula is C16H18N2O5S. The molecule has 0 atom stereocenters. The van der Waals surface area contributed by atoms with Crippen molar-refractivity contribution in [3.63, 3.8) is 0 Å². The lowest BCUT2D eigenvalue weighted by atomic mass is 10.2. The van der Waals surface area contributed by atoms with Crippen LogP contribution in [-0.4, -0.2) is 19.4 Å². The van der Waals surface area contributed by atoms with Gasteiger partial charge in [0.2, 0.25) is 10.0 Å². The predicted molar refractivity (Wildman–Crippen MR) is 89.3 cm³/mol.